The first kappa shape index (κ1) is 12.7. The third-order valence-electron chi connectivity index (χ3n) is 2.07. The van der Waals surface area contributed by atoms with Crippen LogP contribution in [0.4, 0.5) is 11.7 Å². The van der Waals surface area contributed by atoms with E-state index in [-0.39, 0.29) is 27.3 Å². The van der Waals surface area contributed by atoms with Crippen LogP contribution < -0.4 is 11.1 Å². The normalized spacial score (nSPS) is 10.4. The fraction of sp³-hybridized carbons (Fsp3) is 0.100. The number of nitrogens with one attached hydrogen (secondary N) is 1. The molecular weight excluding hydrogens is 279 g/mol. The lowest BCUT2D eigenvalue weighted by Gasteiger charge is -2.05. The fourth-order valence-electron chi connectivity index (χ4n) is 1.26. The highest BCUT2D eigenvalue weighted by molar-refractivity contribution is 6.43. The molecule has 18 heavy (non-hydrogen) atoms. The Balaban J connectivity index is 2.24. The molecule has 0 spiro atoms. The van der Waals surface area contributed by atoms with Crippen LogP contribution in [0, 0.1) is 6.92 Å². The Labute approximate surface area is 112 Å². The minimum atomic E-state index is -0.469. The number of nitrogen functional groups attached to an aromatic ring is 1. The summed E-state index contributed by atoms with van der Waals surface area (Å²) in [5.74, 6) is -0.122. The van der Waals surface area contributed by atoms with Crippen molar-refractivity contribution in [3.05, 3.63) is 33.6 Å². The lowest BCUT2D eigenvalue weighted by molar-refractivity contribution is 0.102. The first-order chi connectivity index (χ1) is 8.47. The van der Waals surface area contributed by atoms with Crippen LogP contribution in [0.15, 0.2) is 16.5 Å². The molecule has 1 heterocycles. The maximum absolute atomic E-state index is 11.8. The van der Waals surface area contributed by atoms with Gasteiger partial charge in [0.2, 0.25) is 5.89 Å². The molecule has 1 amide bonds. The summed E-state index contributed by atoms with van der Waals surface area (Å²) in [5, 5.41) is 10.0. The molecule has 0 aliphatic heterocycles. The maximum atomic E-state index is 11.8. The fourth-order valence-corrected chi connectivity index (χ4v) is 1.59. The zero-order valence-electron chi connectivity index (χ0n) is 9.20. The van der Waals surface area contributed by atoms with Crippen LogP contribution >= 0.6 is 23.2 Å². The first-order valence-electron chi connectivity index (χ1n) is 4.83. The molecule has 94 valence electrons. The summed E-state index contributed by atoms with van der Waals surface area (Å²) in [6.45, 7) is 1.61. The summed E-state index contributed by atoms with van der Waals surface area (Å²) in [6.07, 6.45) is 0. The zero-order chi connectivity index (χ0) is 13.3. The predicted molar refractivity (Wildman–Crippen MR) is 67.9 cm³/mol. The molecule has 0 bridgehead atoms. The number of anilines is 2. The number of benzene rings is 1. The molecule has 0 atom stereocenters. The van der Waals surface area contributed by atoms with Gasteiger partial charge in [0, 0.05) is 12.5 Å². The Hall–Kier alpha value is -1.79. The lowest BCUT2D eigenvalue weighted by atomic mass is 10.2. The van der Waals surface area contributed by atoms with Gasteiger partial charge in [-0.1, -0.05) is 28.3 Å². The number of hydrogen-bond donors (Lipinski definition) is 2. The average Bonchev–Trinajstić information content (AvgIpc) is 2.71. The number of rotatable bonds is 2. The van der Waals surface area contributed by atoms with E-state index in [1.54, 1.807) is 6.92 Å². The predicted octanol–water partition coefficient (Wildman–Crippen LogP) is 2.52. The van der Waals surface area contributed by atoms with Crippen LogP contribution in [0.2, 0.25) is 10.0 Å². The van der Waals surface area contributed by atoms with Gasteiger partial charge in [0.1, 0.15) is 0 Å². The van der Waals surface area contributed by atoms with Crippen LogP contribution in [-0.2, 0) is 0 Å². The number of nitrogens with zero attached hydrogens (tertiary/aromatic N) is 2. The van der Waals surface area contributed by atoms with E-state index in [9.17, 15) is 4.79 Å². The number of carbonyl (C=O) groups is 1. The van der Waals surface area contributed by atoms with Gasteiger partial charge in [-0.25, -0.2) is 0 Å². The third kappa shape index (κ3) is 2.55. The molecule has 0 saturated carbocycles. The summed E-state index contributed by atoms with van der Waals surface area (Å²) < 4.78 is 5.02. The van der Waals surface area contributed by atoms with Crippen molar-refractivity contribution in [3.8, 4) is 0 Å². The summed E-state index contributed by atoms with van der Waals surface area (Å²) in [6, 6.07) is 2.81. The molecule has 0 unspecified atom stereocenters. The number of aryl methyl sites for hydroxylation is 1. The van der Waals surface area contributed by atoms with Crippen molar-refractivity contribution in [2.45, 2.75) is 6.92 Å². The van der Waals surface area contributed by atoms with Crippen LogP contribution in [0.5, 0.6) is 0 Å². The summed E-state index contributed by atoms with van der Waals surface area (Å²) in [4.78, 5) is 11.8. The van der Waals surface area contributed by atoms with E-state index >= 15 is 0 Å². The quantitative estimate of drug-likeness (QED) is 0.828. The van der Waals surface area contributed by atoms with Crippen LogP contribution in [-0.4, -0.2) is 16.1 Å². The molecule has 0 fully saturated rings. The van der Waals surface area contributed by atoms with Gasteiger partial charge in [-0.2, -0.15) is 0 Å². The standard InChI is InChI=1S/C10H8Cl2N4O2/c1-4-15-16-10(18-4)14-9(17)5-2-6(11)8(12)7(13)3-5/h2-3H,13H2,1H3,(H,14,16,17). The van der Waals surface area contributed by atoms with Gasteiger partial charge in [-0.05, 0) is 12.1 Å². The topological polar surface area (TPSA) is 94.0 Å². The Morgan fingerprint density at radius 3 is 2.67 bits per heavy atom. The molecule has 1 aromatic carbocycles. The number of hydrogen-bond acceptors (Lipinski definition) is 5. The van der Waals surface area contributed by atoms with Crippen molar-refractivity contribution >= 4 is 40.8 Å². The third-order valence-corrected chi connectivity index (χ3v) is 2.88. The van der Waals surface area contributed by atoms with Gasteiger partial charge >= 0.3 is 6.01 Å². The molecule has 1 aromatic heterocycles. The summed E-state index contributed by atoms with van der Waals surface area (Å²) in [7, 11) is 0. The van der Waals surface area contributed by atoms with E-state index in [0.717, 1.165) is 0 Å². The first-order valence-corrected chi connectivity index (χ1v) is 5.59. The van der Waals surface area contributed by atoms with E-state index in [4.69, 9.17) is 33.4 Å². The van der Waals surface area contributed by atoms with E-state index in [1.807, 2.05) is 0 Å². The molecule has 2 aromatic rings. The van der Waals surface area contributed by atoms with E-state index in [0.29, 0.717) is 5.89 Å². The van der Waals surface area contributed by atoms with E-state index < -0.39 is 5.91 Å². The minimum Gasteiger partial charge on any atom is -0.408 e. The molecular formula is C10H8Cl2N4O2. The van der Waals surface area contributed by atoms with Crippen molar-refractivity contribution in [1.82, 2.24) is 10.2 Å². The van der Waals surface area contributed by atoms with Crippen molar-refractivity contribution in [3.63, 3.8) is 0 Å². The highest BCUT2D eigenvalue weighted by Crippen LogP contribution is 2.29. The number of halogens is 2. The highest BCUT2D eigenvalue weighted by atomic mass is 35.5. The summed E-state index contributed by atoms with van der Waals surface area (Å²) in [5.41, 5.74) is 6.08. The molecule has 8 heteroatoms. The number of nitrogens with two attached hydrogens (primary N) is 1. The number of aromatic nitrogens is 2. The second kappa shape index (κ2) is 4.83. The second-order valence-electron chi connectivity index (χ2n) is 3.44. The highest BCUT2D eigenvalue weighted by Gasteiger charge is 2.13. The van der Waals surface area contributed by atoms with Gasteiger partial charge < -0.3 is 10.2 Å². The Bertz CT molecular complexity index is 589. The maximum Gasteiger partial charge on any atom is 0.322 e. The smallest absolute Gasteiger partial charge is 0.322 e. The van der Waals surface area contributed by atoms with Gasteiger partial charge in [-0.3, -0.25) is 10.1 Å². The molecule has 2 rings (SSSR count). The monoisotopic (exact) mass is 286 g/mol. The molecule has 3 N–H and O–H groups in total. The molecule has 0 radical (unpaired) electrons. The lowest BCUT2D eigenvalue weighted by Crippen LogP contribution is -2.12. The van der Waals surface area contributed by atoms with Crippen molar-refractivity contribution < 1.29 is 9.21 Å². The van der Waals surface area contributed by atoms with Gasteiger partial charge in [0.25, 0.3) is 5.91 Å². The molecule has 0 aliphatic rings. The largest absolute Gasteiger partial charge is 0.408 e. The van der Waals surface area contributed by atoms with E-state index in [2.05, 4.69) is 15.5 Å². The Morgan fingerprint density at radius 2 is 2.11 bits per heavy atom. The van der Waals surface area contributed by atoms with Gasteiger partial charge in [0.15, 0.2) is 0 Å². The number of amides is 1. The molecule has 0 saturated heterocycles. The molecule has 6 nitrogen and oxygen atoms in total. The zero-order valence-corrected chi connectivity index (χ0v) is 10.7. The van der Waals surface area contributed by atoms with Gasteiger partial charge in [0.05, 0.1) is 15.7 Å². The number of carbonyl (C=O) groups excluding carboxylic acids is 1. The average molecular weight is 287 g/mol. The van der Waals surface area contributed by atoms with Gasteiger partial charge in [-0.15, -0.1) is 5.10 Å². The Kier molecular flexibility index (Phi) is 3.40. The van der Waals surface area contributed by atoms with Crippen molar-refractivity contribution in [1.29, 1.82) is 0 Å². The molecule has 0 aliphatic carbocycles. The van der Waals surface area contributed by atoms with Crippen molar-refractivity contribution in [2.24, 2.45) is 0 Å². The Morgan fingerprint density at radius 1 is 1.39 bits per heavy atom. The van der Waals surface area contributed by atoms with Crippen molar-refractivity contribution in [2.75, 3.05) is 11.1 Å². The van der Waals surface area contributed by atoms with E-state index in [1.165, 1.54) is 12.1 Å². The SMILES string of the molecule is Cc1nnc(NC(=O)c2cc(N)c(Cl)c(Cl)c2)o1. The minimum absolute atomic E-state index is 0.00199. The van der Waals surface area contributed by atoms with Crippen LogP contribution in [0.1, 0.15) is 16.2 Å². The van der Waals surface area contributed by atoms with Crippen LogP contribution in [0.3, 0.4) is 0 Å². The summed E-state index contributed by atoms with van der Waals surface area (Å²) >= 11 is 11.6. The van der Waals surface area contributed by atoms with Crippen LogP contribution in [0.25, 0.3) is 0 Å². The second-order valence-corrected chi connectivity index (χ2v) is 4.23.